The summed E-state index contributed by atoms with van der Waals surface area (Å²) in [5.74, 6) is 0.399. The van der Waals surface area contributed by atoms with Gasteiger partial charge in [-0.05, 0) is 54.7 Å². The molecular formula is C20H22O5. The van der Waals surface area contributed by atoms with Gasteiger partial charge in [0.2, 0.25) is 0 Å². The van der Waals surface area contributed by atoms with E-state index in [1.54, 1.807) is 24.3 Å². The molecule has 1 aliphatic heterocycles. The zero-order valence-electron chi connectivity index (χ0n) is 14.6. The summed E-state index contributed by atoms with van der Waals surface area (Å²) in [4.78, 5) is 12.4. The number of rotatable bonds is 3. The van der Waals surface area contributed by atoms with Crippen LogP contribution in [0.1, 0.15) is 53.4 Å². The van der Waals surface area contributed by atoms with Crippen LogP contribution in [0.2, 0.25) is 0 Å². The van der Waals surface area contributed by atoms with E-state index in [2.05, 4.69) is 0 Å². The molecule has 5 heteroatoms. The molecule has 0 saturated heterocycles. The van der Waals surface area contributed by atoms with Crippen molar-refractivity contribution < 1.29 is 24.5 Å². The first-order valence-electron chi connectivity index (χ1n) is 8.34. The molecule has 25 heavy (non-hydrogen) atoms. The van der Waals surface area contributed by atoms with Gasteiger partial charge < -0.3 is 19.7 Å². The number of hydrogen-bond acceptors (Lipinski definition) is 5. The molecule has 0 aromatic heterocycles. The predicted molar refractivity (Wildman–Crippen MR) is 92.9 cm³/mol. The second kappa shape index (κ2) is 6.76. The van der Waals surface area contributed by atoms with Gasteiger partial charge in [0.25, 0.3) is 0 Å². The smallest absolute Gasteiger partial charge is 0.342 e. The summed E-state index contributed by atoms with van der Waals surface area (Å²) in [6.45, 7) is 5.91. The second-order valence-electron chi connectivity index (χ2n) is 6.85. The van der Waals surface area contributed by atoms with Gasteiger partial charge in [0, 0.05) is 5.56 Å². The number of ether oxygens (including phenoxy) is 2. The maximum absolute atomic E-state index is 12.4. The average Bonchev–Trinajstić information content (AvgIpc) is 2.53. The van der Waals surface area contributed by atoms with Crippen molar-refractivity contribution in [2.24, 2.45) is 5.92 Å². The Labute approximate surface area is 146 Å². The van der Waals surface area contributed by atoms with Crippen molar-refractivity contribution in [3.05, 3.63) is 52.6 Å². The number of aliphatic hydroxyl groups excluding tert-OH is 1. The van der Waals surface area contributed by atoms with Crippen LogP contribution in [-0.2, 0) is 11.3 Å². The van der Waals surface area contributed by atoms with E-state index in [0.29, 0.717) is 29.2 Å². The van der Waals surface area contributed by atoms with E-state index < -0.39 is 12.1 Å². The molecule has 1 aliphatic rings. The number of hydrogen-bond donors (Lipinski definition) is 2. The van der Waals surface area contributed by atoms with Gasteiger partial charge in [-0.25, -0.2) is 4.79 Å². The third-order valence-electron chi connectivity index (χ3n) is 4.16. The molecule has 3 rings (SSSR count). The lowest BCUT2D eigenvalue weighted by atomic mass is 9.97. The first kappa shape index (κ1) is 17.3. The highest BCUT2D eigenvalue weighted by atomic mass is 16.5. The van der Waals surface area contributed by atoms with Gasteiger partial charge in [-0.2, -0.15) is 0 Å². The monoisotopic (exact) mass is 342 g/mol. The number of phenolic OH excluding ortho intramolecular Hbond substituents is 1. The van der Waals surface area contributed by atoms with Gasteiger partial charge >= 0.3 is 5.97 Å². The Hall–Kier alpha value is -2.53. The van der Waals surface area contributed by atoms with Crippen LogP contribution in [0.3, 0.4) is 0 Å². The number of carbonyl (C=O) groups excluding carboxylic acids is 1. The van der Waals surface area contributed by atoms with Crippen molar-refractivity contribution in [1.29, 1.82) is 0 Å². The van der Waals surface area contributed by atoms with E-state index in [1.807, 2.05) is 26.8 Å². The molecule has 1 unspecified atom stereocenters. The summed E-state index contributed by atoms with van der Waals surface area (Å²) in [5.41, 5.74) is 2.34. The van der Waals surface area contributed by atoms with Crippen LogP contribution >= 0.6 is 0 Å². The Bertz CT molecular complexity index is 810. The van der Waals surface area contributed by atoms with Gasteiger partial charge in [0.05, 0.1) is 6.10 Å². The largest absolute Gasteiger partial charge is 0.504 e. The lowest BCUT2D eigenvalue weighted by Crippen LogP contribution is -2.12. The molecule has 0 spiro atoms. The number of benzene rings is 2. The third-order valence-corrected chi connectivity index (χ3v) is 4.16. The van der Waals surface area contributed by atoms with Crippen molar-refractivity contribution in [3.8, 4) is 17.2 Å². The van der Waals surface area contributed by atoms with Crippen LogP contribution in [0, 0.1) is 12.8 Å². The normalized spacial score (nSPS) is 14.7. The van der Waals surface area contributed by atoms with Crippen molar-refractivity contribution in [1.82, 2.24) is 0 Å². The van der Waals surface area contributed by atoms with Gasteiger partial charge in [0.15, 0.2) is 11.5 Å². The quantitative estimate of drug-likeness (QED) is 0.816. The molecule has 0 amide bonds. The molecule has 1 atom stereocenters. The Morgan fingerprint density at radius 1 is 1.20 bits per heavy atom. The van der Waals surface area contributed by atoms with Crippen molar-refractivity contribution in [3.63, 3.8) is 0 Å². The fourth-order valence-electron chi connectivity index (χ4n) is 2.97. The third kappa shape index (κ3) is 3.61. The molecule has 2 aromatic carbocycles. The van der Waals surface area contributed by atoms with E-state index in [9.17, 15) is 15.0 Å². The summed E-state index contributed by atoms with van der Waals surface area (Å²) in [7, 11) is 0. The molecule has 132 valence electrons. The number of cyclic esters (lactones) is 1. The van der Waals surface area contributed by atoms with Crippen LogP contribution < -0.4 is 4.74 Å². The number of aromatic hydroxyl groups is 1. The first-order chi connectivity index (χ1) is 11.8. The molecule has 0 saturated carbocycles. The number of esters is 1. The minimum Gasteiger partial charge on any atom is -0.504 e. The lowest BCUT2D eigenvalue weighted by molar-refractivity contribution is 0.0458. The van der Waals surface area contributed by atoms with E-state index >= 15 is 0 Å². The number of fused-ring (bicyclic) bond motifs is 2. The Kier molecular flexibility index (Phi) is 4.68. The first-order valence-corrected chi connectivity index (χ1v) is 8.34. The minimum atomic E-state index is -0.660. The topological polar surface area (TPSA) is 76.0 Å². The van der Waals surface area contributed by atoms with Crippen molar-refractivity contribution >= 4 is 5.97 Å². The molecule has 5 nitrogen and oxygen atoms in total. The molecule has 2 aromatic rings. The van der Waals surface area contributed by atoms with Crippen LogP contribution in [0.4, 0.5) is 0 Å². The maximum Gasteiger partial charge on any atom is 0.342 e. The summed E-state index contributed by atoms with van der Waals surface area (Å²) >= 11 is 0. The Balaban J connectivity index is 2.01. The summed E-state index contributed by atoms with van der Waals surface area (Å²) in [6.07, 6.45) is -0.0655. The lowest BCUT2D eigenvalue weighted by Gasteiger charge is -2.21. The van der Waals surface area contributed by atoms with Gasteiger partial charge in [-0.1, -0.05) is 19.9 Å². The van der Waals surface area contributed by atoms with Crippen LogP contribution in [0.25, 0.3) is 0 Å². The zero-order chi connectivity index (χ0) is 18.1. The molecule has 1 heterocycles. The number of aliphatic hydroxyl groups is 1. The summed E-state index contributed by atoms with van der Waals surface area (Å²) in [5, 5.41) is 20.5. The number of phenols is 1. The number of aryl methyl sites for hydroxylation is 1. The highest BCUT2D eigenvalue weighted by Crippen LogP contribution is 2.39. The SMILES string of the molecule is Cc1cc(O)c2c(c1)COC(=O)c1cc(C(O)CC(C)C)ccc1O2. The minimum absolute atomic E-state index is 0.00261. The van der Waals surface area contributed by atoms with Gasteiger partial charge in [-0.3, -0.25) is 0 Å². The number of carbonyl (C=O) groups is 1. The highest BCUT2D eigenvalue weighted by Gasteiger charge is 2.24. The molecule has 0 aliphatic carbocycles. The summed E-state index contributed by atoms with van der Waals surface area (Å²) in [6, 6.07) is 8.37. The van der Waals surface area contributed by atoms with E-state index in [4.69, 9.17) is 9.47 Å². The Morgan fingerprint density at radius 3 is 2.68 bits per heavy atom. The molecule has 0 fully saturated rings. The fraction of sp³-hybridized carbons (Fsp3) is 0.350. The van der Waals surface area contributed by atoms with E-state index in [-0.39, 0.29) is 23.7 Å². The Morgan fingerprint density at radius 2 is 1.96 bits per heavy atom. The zero-order valence-corrected chi connectivity index (χ0v) is 14.6. The van der Waals surface area contributed by atoms with Gasteiger partial charge in [0.1, 0.15) is 17.9 Å². The maximum atomic E-state index is 12.4. The van der Waals surface area contributed by atoms with E-state index in [0.717, 1.165) is 5.56 Å². The molecule has 0 bridgehead atoms. The van der Waals surface area contributed by atoms with Crippen LogP contribution in [0.5, 0.6) is 17.2 Å². The second-order valence-corrected chi connectivity index (χ2v) is 6.85. The average molecular weight is 342 g/mol. The fourth-order valence-corrected chi connectivity index (χ4v) is 2.97. The van der Waals surface area contributed by atoms with Crippen molar-refractivity contribution in [2.75, 3.05) is 0 Å². The van der Waals surface area contributed by atoms with Crippen LogP contribution in [0.15, 0.2) is 30.3 Å². The molecule has 0 radical (unpaired) electrons. The standard InChI is InChI=1S/C20H22O5/c1-11(2)6-16(21)13-4-5-18-15(9-13)20(23)24-10-14-7-12(3)8-17(22)19(14)25-18/h4-5,7-9,11,16,21-22H,6,10H2,1-3H3. The summed E-state index contributed by atoms with van der Waals surface area (Å²) < 4.78 is 11.2. The van der Waals surface area contributed by atoms with Gasteiger partial charge in [-0.15, -0.1) is 0 Å². The van der Waals surface area contributed by atoms with Crippen LogP contribution in [-0.4, -0.2) is 16.2 Å². The van der Waals surface area contributed by atoms with Crippen molar-refractivity contribution in [2.45, 2.75) is 39.9 Å². The highest BCUT2D eigenvalue weighted by molar-refractivity contribution is 5.93. The van der Waals surface area contributed by atoms with E-state index in [1.165, 1.54) is 0 Å². The predicted octanol–water partition coefficient (Wildman–Crippen LogP) is 4.24. The molecule has 2 N–H and O–H groups in total. The molecular weight excluding hydrogens is 320 g/mol.